The van der Waals surface area contributed by atoms with Crippen molar-refractivity contribution < 1.29 is 18.3 Å². The van der Waals surface area contributed by atoms with Gasteiger partial charge in [0.05, 0.1) is 10.9 Å². The first kappa shape index (κ1) is 21.3. The number of methoxy groups -OCH3 is 1. The molecule has 1 N–H and O–H groups in total. The number of aryl methyl sites for hydroxylation is 1. The monoisotopic (exact) mass is 439 g/mol. The van der Waals surface area contributed by atoms with Gasteiger partial charge in [0.2, 0.25) is 5.91 Å². The molecule has 0 aliphatic heterocycles. The van der Waals surface area contributed by atoms with Crippen molar-refractivity contribution in [3.63, 3.8) is 0 Å². The molecule has 1 unspecified atom stereocenters. The molecule has 29 heavy (non-hydrogen) atoms. The van der Waals surface area contributed by atoms with Gasteiger partial charge in [-0.3, -0.25) is 4.79 Å². The van der Waals surface area contributed by atoms with E-state index in [1.807, 2.05) is 4.57 Å². The van der Waals surface area contributed by atoms with E-state index in [0.29, 0.717) is 34.7 Å². The van der Waals surface area contributed by atoms with Crippen LogP contribution in [0.2, 0.25) is 0 Å². The Kier molecular flexibility index (Phi) is 7.29. The van der Waals surface area contributed by atoms with Crippen molar-refractivity contribution in [3.05, 3.63) is 41.5 Å². The average Bonchev–Trinajstić information content (AvgIpc) is 3.34. The molecule has 1 amide bonds. The van der Waals surface area contributed by atoms with Gasteiger partial charge in [-0.15, -0.1) is 21.5 Å². The quantitative estimate of drug-likeness (QED) is 0.403. The SMILES string of the molecule is COCCCn1cnnc1SC(C)C(=O)Nc1nc(-c2ccc(F)c(F)c2)cs1. The molecule has 3 rings (SSSR count). The molecule has 11 heteroatoms. The largest absolute Gasteiger partial charge is 0.385 e. The van der Waals surface area contributed by atoms with Crippen LogP contribution in [0.25, 0.3) is 11.3 Å². The number of amides is 1. The average molecular weight is 440 g/mol. The van der Waals surface area contributed by atoms with Crippen LogP contribution in [-0.2, 0) is 16.1 Å². The second kappa shape index (κ2) is 9.90. The smallest absolute Gasteiger partial charge is 0.239 e. The molecule has 2 heterocycles. The van der Waals surface area contributed by atoms with E-state index in [0.717, 1.165) is 18.6 Å². The number of thioether (sulfide) groups is 1. The Hall–Kier alpha value is -2.37. The lowest BCUT2D eigenvalue weighted by Crippen LogP contribution is -2.22. The van der Waals surface area contributed by atoms with Gasteiger partial charge >= 0.3 is 0 Å². The molecule has 1 aromatic carbocycles. The minimum atomic E-state index is -0.944. The number of ether oxygens (including phenoxy) is 1. The summed E-state index contributed by atoms with van der Waals surface area (Å²) in [5, 5.41) is 13.0. The Morgan fingerprint density at radius 1 is 1.38 bits per heavy atom. The molecule has 1 atom stereocenters. The number of thiazole rings is 1. The number of benzene rings is 1. The number of nitrogens with one attached hydrogen (secondary N) is 1. The highest BCUT2D eigenvalue weighted by atomic mass is 32.2. The van der Waals surface area contributed by atoms with Gasteiger partial charge in [0.25, 0.3) is 0 Å². The molecule has 0 spiro atoms. The minimum Gasteiger partial charge on any atom is -0.385 e. The molecule has 0 fully saturated rings. The second-order valence-corrected chi connectivity index (χ2v) is 8.24. The van der Waals surface area contributed by atoms with Crippen LogP contribution in [-0.4, -0.2) is 44.6 Å². The summed E-state index contributed by atoms with van der Waals surface area (Å²) in [5.41, 5.74) is 0.898. The van der Waals surface area contributed by atoms with Crippen LogP contribution < -0.4 is 5.32 Å². The number of hydrogen-bond donors (Lipinski definition) is 1. The van der Waals surface area contributed by atoms with E-state index in [9.17, 15) is 13.6 Å². The number of anilines is 1. The highest BCUT2D eigenvalue weighted by Gasteiger charge is 2.19. The van der Waals surface area contributed by atoms with Gasteiger partial charge in [0, 0.05) is 31.2 Å². The molecule has 3 aromatic rings. The summed E-state index contributed by atoms with van der Waals surface area (Å²) in [6.07, 6.45) is 2.44. The van der Waals surface area contributed by atoms with Crippen LogP contribution >= 0.6 is 23.1 Å². The lowest BCUT2D eigenvalue weighted by Gasteiger charge is -2.11. The Labute approximate surface area is 174 Å². The number of rotatable bonds is 9. The van der Waals surface area contributed by atoms with Gasteiger partial charge in [-0.05, 0) is 31.5 Å². The van der Waals surface area contributed by atoms with E-state index < -0.39 is 16.9 Å². The molecule has 2 aromatic heterocycles. The van der Waals surface area contributed by atoms with E-state index in [-0.39, 0.29) is 5.91 Å². The van der Waals surface area contributed by atoms with Crippen LogP contribution in [0, 0.1) is 11.6 Å². The predicted octanol–water partition coefficient (Wildman–Crippen LogP) is 3.84. The highest BCUT2D eigenvalue weighted by molar-refractivity contribution is 8.00. The third-order valence-electron chi connectivity index (χ3n) is 3.93. The number of halogens is 2. The summed E-state index contributed by atoms with van der Waals surface area (Å²) in [6.45, 7) is 3.09. The van der Waals surface area contributed by atoms with Gasteiger partial charge in [-0.2, -0.15) is 0 Å². The zero-order valence-electron chi connectivity index (χ0n) is 15.8. The topological polar surface area (TPSA) is 81.9 Å². The van der Waals surface area contributed by atoms with Gasteiger partial charge in [0.1, 0.15) is 6.33 Å². The summed E-state index contributed by atoms with van der Waals surface area (Å²) >= 11 is 2.50. The van der Waals surface area contributed by atoms with Gasteiger partial charge in [0.15, 0.2) is 21.9 Å². The van der Waals surface area contributed by atoms with Gasteiger partial charge in [-0.25, -0.2) is 13.8 Å². The summed E-state index contributed by atoms with van der Waals surface area (Å²) in [4.78, 5) is 16.8. The maximum Gasteiger partial charge on any atom is 0.239 e. The lowest BCUT2D eigenvalue weighted by atomic mass is 10.2. The molecule has 0 bridgehead atoms. The van der Waals surface area contributed by atoms with Crippen LogP contribution in [0.4, 0.5) is 13.9 Å². The fourth-order valence-corrected chi connectivity index (χ4v) is 3.98. The number of hydrogen-bond acceptors (Lipinski definition) is 7. The maximum absolute atomic E-state index is 13.4. The van der Waals surface area contributed by atoms with Crippen LogP contribution in [0.15, 0.2) is 35.1 Å². The Bertz CT molecular complexity index is 979. The van der Waals surface area contributed by atoms with Crippen molar-refractivity contribution in [2.24, 2.45) is 0 Å². The molecule has 154 valence electrons. The van der Waals surface area contributed by atoms with Gasteiger partial charge < -0.3 is 14.6 Å². The number of carbonyl (C=O) groups excluding carboxylic acids is 1. The zero-order chi connectivity index (χ0) is 20.8. The molecular formula is C18H19F2N5O2S2. The lowest BCUT2D eigenvalue weighted by molar-refractivity contribution is -0.115. The van der Waals surface area contributed by atoms with Crippen LogP contribution in [0.1, 0.15) is 13.3 Å². The predicted molar refractivity (Wildman–Crippen MR) is 108 cm³/mol. The molecule has 0 aliphatic rings. The molecule has 0 aliphatic carbocycles. The number of aromatic nitrogens is 4. The maximum atomic E-state index is 13.4. The third kappa shape index (κ3) is 5.58. The molecule has 0 saturated heterocycles. The third-order valence-corrected chi connectivity index (χ3v) is 5.78. The van der Waals surface area contributed by atoms with E-state index in [1.165, 1.54) is 29.2 Å². The van der Waals surface area contributed by atoms with Crippen molar-refractivity contribution in [2.45, 2.75) is 30.3 Å². The van der Waals surface area contributed by atoms with Crippen molar-refractivity contribution in [1.29, 1.82) is 0 Å². The minimum absolute atomic E-state index is 0.243. The standard InChI is InChI=1S/C18H19F2N5O2S2/c1-11(29-18-24-21-10-25(18)6-3-7-27-2)16(26)23-17-22-15(9-28-17)12-4-5-13(19)14(20)8-12/h4-5,8-11H,3,6-7H2,1-2H3,(H,22,23,26). The Morgan fingerprint density at radius 3 is 2.97 bits per heavy atom. The second-order valence-electron chi connectivity index (χ2n) is 6.07. The van der Waals surface area contributed by atoms with Crippen LogP contribution in [0.3, 0.4) is 0 Å². The summed E-state index contributed by atoms with van der Waals surface area (Å²) in [6, 6.07) is 3.56. The Balaban J connectivity index is 1.60. The highest BCUT2D eigenvalue weighted by Crippen LogP contribution is 2.27. The van der Waals surface area contributed by atoms with Crippen molar-refractivity contribution in [2.75, 3.05) is 19.0 Å². The molecule has 0 radical (unpaired) electrons. The first-order valence-corrected chi connectivity index (χ1v) is 10.5. The Morgan fingerprint density at radius 2 is 2.21 bits per heavy atom. The van der Waals surface area contributed by atoms with Crippen molar-refractivity contribution in [1.82, 2.24) is 19.7 Å². The molecular weight excluding hydrogens is 420 g/mol. The summed E-state index contributed by atoms with van der Waals surface area (Å²) in [5.74, 6) is -2.10. The van der Waals surface area contributed by atoms with E-state index in [2.05, 4.69) is 20.5 Å². The summed E-state index contributed by atoms with van der Waals surface area (Å²) in [7, 11) is 1.64. The zero-order valence-corrected chi connectivity index (χ0v) is 17.4. The van der Waals surface area contributed by atoms with E-state index in [1.54, 1.807) is 25.7 Å². The van der Waals surface area contributed by atoms with Crippen LogP contribution in [0.5, 0.6) is 0 Å². The fraction of sp³-hybridized carbons (Fsp3) is 0.333. The first-order valence-electron chi connectivity index (χ1n) is 8.73. The van der Waals surface area contributed by atoms with Crippen molar-refractivity contribution in [3.8, 4) is 11.3 Å². The fourth-order valence-electron chi connectivity index (χ4n) is 2.41. The van der Waals surface area contributed by atoms with Crippen molar-refractivity contribution >= 4 is 34.1 Å². The summed E-state index contributed by atoms with van der Waals surface area (Å²) < 4.78 is 33.4. The molecule has 0 saturated carbocycles. The number of carbonyl (C=O) groups is 1. The normalized spacial score (nSPS) is 12.1. The number of nitrogens with zero attached hydrogens (tertiary/aromatic N) is 4. The molecule has 7 nitrogen and oxygen atoms in total. The first-order chi connectivity index (χ1) is 14.0. The van der Waals surface area contributed by atoms with Gasteiger partial charge in [-0.1, -0.05) is 11.8 Å². The van der Waals surface area contributed by atoms with E-state index in [4.69, 9.17) is 4.74 Å². The van der Waals surface area contributed by atoms with E-state index >= 15 is 0 Å².